The van der Waals surface area contributed by atoms with Gasteiger partial charge in [-0.1, -0.05) is 182 Å². The predicted octanol–water partition coefficient (Wildman–Crippen LogP) is 21.8. The lowest BCUT2D eigenvalue weighted by atomic mass is 9.93. The highest BCUT2D eigenvalue weighted by molar-refractivity contribution is 7.27. The first kappa shape index (κ1) is 46.9. The minimum atomic E-state index is 0.656. The third-order valence-electron chi connectivity index (χ3n) is 17.8. The van der Waals surface area contributed by atoms with Gasteiger partial charge in [0.15, 0.2) is 0 Å². The van der Waals surface area contributed by atoms with Crippen molar-refractivity contribution in [1.29, 1.82) is 0 Å². The summed E-state index contributed by atoms with van der Waals surface area (Å²) >= 11 is 3.77. The SMILES string of the molecule is c1ccc(-c2nc(-n3c4ccccc4c4c5c6ccccc6sc5c5c(-c6ccc7c(c6)sc6ccc(-n8c9ccccc9c9cc(-c%10ccc%11c(c%10)c%10ccccc%10n%11-c%10ccccc%10)ccc98)cc67)cccc5c43)nc3ccccc23)cc1. The summed E-state index contributed by atoms with van der Waals surface area (Å²) in [6.45, 7) is 0. The van der Waals surface area contributed by atoms with E-state index in [9.17, 15) is 0 Å². The summed E-state index contributed by atoms with van der Waals surface area (Å²) in [5.41, 5.74) is 17.0. The first-order valence-corrected chi connectivity index (χ1v) is 30.5. The summed E-state index contributed by atoms with van der Waals surface area (Å²) in [5.74, 6) is 0.656. The molecule has 7 heteroatoms. The summed E-state index contributed by atoms with van der Waals surface area (Å²) in [5, 5.41) is 15.9. The molecule has 19 rings (SSSR count). The van der Waals surface area contributed by atoms with Crippen LogP contribution in [0.5, 0.6) is 0 Å². The van der Waals surface area contributed by atoms with Crippen LogP contribution in [0.1, 0.15) is 0 Å². The smallest absolute Gasteiger partial charge is 0.235 e. The number of thiophene rings is 2. The summed E-state index contributed by atoms with van der Waals surface area (Å²) in [4.78, 5) is 11.0. The minimum absolute atomic E-state index is 0.656. The van der Waals surface area contributed by atoms with E-state index in [0.717, 1.165) is 38.9 Å². The van der Waals surface area contributed by atoms with Gasteiger partial charge in [0.1, 0.15) is 0 Å². The van der Waals surface area contributed by atoms with Crippen molar-refractivity contribution in [1.82, 2.24) is 23.7 Å². The molecule has 0 fully saturated rings. The van der Waals surface area contributed by atoms with Gasteiger partial charge in [-0.3, -0.25) is 4.57 Å². The molecule has 0 N–H and O–H groups in total. The summed E-state index contributed by atoms with van der Waals surface area (Å²) in [6.07, 6.45) is 0. The fourth-order valence-corrected chi connectivity index (χ4v) is 16.6. The van der Waals surface area contributed by atoms with Crippen molar-refractivity contribution in [2.75, 3.05) is 0 Å². The standard InChI is InChI=1S/C78H45N5S2/c1-3-18-46(19-4-1)75-56-24-7-12-29-63(56)79-78(80-75)83-66-32-15-10-25-57(66)73-74-58-26-11-16-33-69(58)85-77(74)72-52(27-17-28-59(72)76(73)83)49-34-38-55-62-45-51(37-41-70(62)84-71(55)44-49)82-65-31-14-9-23-54(65)61-43-48(36-40-68(61)82)47-35-39-67-60(42-47)53-22-8-13-30-64(53)81(67)50-20-5-2-6-21-50/h1-45H. The highest BCUT2D eigenvalue weighted by Crippen LogP contribution is 2.51. The fourth-order valence-electron chi connectivity index (χ4n) is 14.2. The normalized spacial score (nSPS) is 12.2. The zero-order valence-electron chi connectivity index (χ0n) is 45.5. The lowest BCUT2D eigenvalue weighted by Gasteiger charge is -2.14. The van der Waals surface area contributed by atoms with E-state index < -0.39 is 0 Å². The van der Waals surface area contributed by atoms with Crippen molar-refractivity contribution in [3.8, 4) is 50.8 Å². The molecule has 85 heavy (non-hydrogen) atoms. The highest BCUT2D eigenvalue weighted by Gasteiger charge is 2.26. The number of hydrogen-bond acceptors (Lipinski definition) is 4. The fraction of sp³-hybridized carbons (Fsp3) is 0. The van der Waals surface area contributed by atoms with E-state index >= 15 is 0 Å². The Kier molecular flexibility index (Phi) is 9.87. The highest BCUT2D eigenvalue weighted by atomic mass is 32.1. The molecule has 0 bridgehead atoms. The van der Waals surface area contributed by atoms with Gasteiger partial charge in [-0.05, 0) is 113 Å². The van der Waals surface area contributed by atoms with Crippen LogP contribution >= 0.6 is 22.7 Å². The zero-order chi connectivity index (χ0) is 55.4. The summed E-state index contributed by atoms with van der Waals surface area (Å²) in [6, 6.07) is 100. The van der Waals surface area contributed by atoms with Gasteiger partial charge in [-0.2, -0.15) is 0 Å². The Morgan fingerprint density at radius 2 is 0.847 bits per heavy atom. The first-order valence-electron chi connectivity index (χ1n) is 28.9. The van der Waals surface area contributed by atoms with E-state index in [0.29, 0.717) is 5.95 Å². The number of hydrogen-bond donors (Lipinski definition) is 0. The van der Waals surface area contributed by atoms with Gasteiger partial charge in [0.05, 0.1) is 44.3 Å². The second kappa shape index (κ2) is 17.9. The van der Waals surface area contributed by atoms with Crippen molar-refractivity contribution >= 4 is 150 Å². The van der Waals surface area contributed by atoms with Gasteiger partial charge >= 0.3 is 0 Å². The molecule has 0 aliphatic rings. The van der Waals surface area contributed by atoms with Gasteiger partial charge in [0.25, 0.3) is 0 Å². The molecule has 6 aromatic heterocycles. The van der Waals surface area contributed by atoms with Crippen LogP contribution in [0.3, 0.4) is 0 Å². The Balaban J connectivity index is 0.773. The summed E-state index contributed by atoms with van der Waals surface area (Å²) < 4.78 is 12.3. The number of para-hydroxylation sites is 5. The second-order valence-electron chi connectivity index (χ2n) is 22.4. The third kappa shape index (κ3) is 6.79. The Morgan fingerprint density at radius 3 is 1.59 bits per heavy atom. The Labute approximate surface area is 494 Å². The maximum Gasteiger partial charge on any atom is 0.235 e. The molecule has 0 unspecified atom stereocenters. The molecule has 13 aromatic carbocycles. The minimum Gasteiger partial charge on any atom is -0.309 e. The molecule has 5 nitrogen and oxygen atoms in total. The summed E-state index contributed by atoms with van der Waals surface area (Å²) in [7, 11) is 0. The van der Waals surface area contributed by atoms with Crippen molar-refractivity contribution in [3.05, 3.63) is 273 Å². The van der Waals surface area contributed by atoms with Crippen LogP contribution in [0.4, 0.5) is 0 Å². The Hall–Kier alpha value is -10.7. The van der Waals surface area contributed by atoms with Crippen molar-refractivity contribution < 1.29 is 0 Å². The zero-order valence-corrected chi connectivity index (χ0v) is 47.2. The van der Waals surface area contributed by atoms with Crippen molar-refractivity contribution in [2.24, 2.45) is 0 Å². The molecule has 0 atom stereocenters. The quantitative estimate of drug-likeness (QED) is 0.166. The van der Waals surface area contributed by atoms with E-state index in [-0.39, 0.29) is 0 Å². The van der Waals surface area contributed by atoms with E-state index in [4.69, 9.17) is 9.97 Å². The lowest BCUT2D eigenvalue weighted by molar-refractivity contribution is 1.02. The van der Waals surface area contributed by atoms with Gasteiger partial charge in [-0.25, -0.2) is 9.97 Å². The van der Waals surface area contributed by atoms with Crippen LogP contribution in [0.15, 0.2) is 273 Å². The van der Waals surface area contributed by atoms with Crippen molar-refractivity contribution in [3.63, 3.8) is 0 Å². The van der Waals surface area contributed by atoms with Crippen LogP contribution in [0.2, 0.25) is 0 Å². The molecular formula is C78H45N5S2. The molecule has 19 aromatic rings. The number of benzene rings is 13. The molecule has 0 saturated heterocycles. The van der Waals surface area contributed by atoms with Crippen LogP contribution in [-0.2, 0) is 0 Å². The van der Waals surface area contributed by atoms with Crippen LogP contribution in [0.25, 0.3) is 178 Å². The molecule has 0 saturated carbocycles. The van der Waals surface area contributed by atoms with Crippen molar-refractivity contribution in [2.45, 2.75) is 0 Å². The first-order chi connectivity index (χ1) is 42.2. The monoisotopic (exact) mass is 1120 g/mol. The molecule has 0 aliphatic heterocycles. The average molecular weight is 1120 g/mol. The van der Waals surface area contributed by atoms with Crippen LogP contribution in [0, 0.1) is 0 Å². The average Bonchev–Trinajstić information content (AvgIpc) is 1.74. The Bertz CT molecular complexity index is 6040. The maximum atomic E-state index is 5.53. The van der Waals surface area contributed by atoms with E-state index in [2.05, 4.69) is 287 Å². The topological polar surface area (TPSA) is 40.6 Å². The van der Waals surface area contributed by atoms with E-state index in [1.54, 1.807) is 0 Å². The molecule has 6 heterocycles. The van der Waals surface area contributed by atoms with Crippen LogP contribution in [-0.4, -0.2) is 23.7 Å². The van der Waals surface area contributed by atoms with Gasteiger partial charge in [0, 0.05) is 106 Å². The molecule has 0 radical (unpaired) electrons. The van der Waals surface area contributed by atoms with Gasteiger partial charge in [0.2, 0.25) is 5.95 Å². The molecule has 394 valence electrons. The third-order valence-corrected chi connectivity index (χ3v) is 20.1. The number of nitrogens with zero attached hydrogens (tertiary/aromatic N) is 5. The lowest BCUT2D eigenvalue weighted by Crippen LogP contribution is -2.03. The number of fused-ring (bicyclic) bond motifs is 20. The molecule has 0 amide bonds. The molecule has 0 aliphatic carbocycles. The maximum absolute atomic E-state index is 5.53. The van der Waals surface area contributed by atoms with E-state index in [1.165, 1.54) is 133 Å². The van der Waals surface area contributed by atoms with E-state index in [1.807, 2.05) is 22.7 Å². The number of aromatic nitrogens is 5. The molecular weight excluding hydrogens is 1070 g/mol. The van der Waals surface area contributed by atoms with Crippen LogP contribution < -0.4 is 0 Å². The second-order valence-corrected chi connectivity index (χ2v) is 24.5. The van der Waals surface area contributed by atoms with Gasteiger partial charge in [-0.15, -0.1) is 22.7 Å². The number of rotatable bonds is 6. The largest absolute Gasteiger partial charge is 0.309 e. The van der Waals surface area contributed by atoms with Gasteiger partial charge < -0.3 is 9.13 Å². The predicted molar refractivity (Wildman–Crippen MR) is 362 cm³/mol. The Morgan fingerprint density at radius 1 is 0.271 bits per heavy atom. The molecule has 0 spiro atoms.